The molecule has 0 spiro atoms. The first-order chi connectivity index (χ1) is 14.7. The Morgan fingerprint density at radius 1 is 1.13 bits per heavy atom. The number of ketones is 1. The summed E-state index contributed by atoms with van der Waals surface area (Å²) >= 11 is 0. The molecule has 4 rings (SSSR count). The van der Waals surface area contributed by atoms with Crippen LogP contribution in [-0.4, -0.2) is 48.2 Å². The lowest BCUT2D eigenvalue weighted by Gasteiger charge is -2.32. The first-order valence-electron chi connectivity index (χ1n) is 10.2. The summed E-state index contributed by atoms with van der Waals surface area (Å²) in [5.41, 5.74) is 3.95. The van der Waals surface area contributed by atoms with Gasteiger partial charge in [0, 0.05) is 35.7 Å². The van der Waals surface area contributed by atoms with Crippen molar-refractivity contribution in [3.63, 3.8) is 0 Å². The van der Waals surface area contributed by atoms with Crippen LogP contribution in [0.2, 0.25) is 0 Å². The Hall–Kier alpha value is -3.12. The molecule has 1 saturated heterocycles. The van der Waals surface area contributed by atoms with E-state index in [1.807, 2.05) is 54.7 Å². The van der Waals surface area contributed by atoms with Crippen LogP contribution in [0, 0.1) is 5.92 Å². The molecule has 1 N–H and O–H groups in total. The van der Waals surface area contributed by atoms with Crippen LogP contribution in [0.5, 0.6) is 11.5 Å². The number of Topliss-reactive ketones (excluding diaryl/α,β-unsaturated/α-hetero) is 1. The number of ether oxygens (including phenoxy) is 2. The molecule has 0 saturated carbocycles. The molecule has 1 aromatic heterocycles. The number of carbonyl (C=O) groups is 1. The second kappa shape index (κ2) is 9.13. The average Bonchev–Trinajstić information content (AvgIpc) is 3.27. The normalized spacial score (nSPS) is 16.9. The van der Waals surface area contributed by atoms with Gasteiger partial charge in [-0.25, -0.2) is 0 Å². The molecule has 0 aliphatic carbocycles. The summed E-state index contributed by atoms with van der Waals surface area (Å²) in [7, 11) is 3.29. The van der Waals surface area contributed by atoms with Gasteiger partial charge in [-0.2, -0.15) is 5.10 Å². The van der Waals surface area contributed by atoms with Gasteiger partial charge in [-0.05, 0) is 55.8 Å². The minimum absolute atomic E-state index is 0.00203. The van der Waals surface area contributed by atoms with Gasteiger partial charge in [0.25, 0.3) is 0 Å². The van der Waals surface area contributed by atoms with E-state index in [2.05, 4.69) is 15.1 Å². The fourth-order valence-electron chi connectivity index (χ4n) is 4.10. The number of H-pyrrole nitrogens is 1. The Kier molecular flexibility index (Phi) is 6.14. The maximum atomic E-state index is 13.1. The highest BCUT2D eigenvalue weighted by Crippen LogP contribution is 2.28. The van der Waals surface area contributed by atoms with Crippen molar-refractivity contribution in [2.45, 2.75) is 19.4 Å². The monoisotopic (exact) mass is 405 g/mol. The van der Waals surface area contributed by atoms with E-state index >= 15 is 0 Å². The van der Waals surface area contributed by atoms with Crippen molar-refractivity contribution >= 4 is 5.78 Å². The maximum Gasteiger partial charge on any atom is 0.167 e. The molecular formula is C24H27N3O3. The lowest BCUT2D eigenvalue weighted by molar-refractivity contribution is 0.0811. The molecule has 6 heteroatoms. The Bertz CT molecular complexity index is 997. The quantitative estimate of drug-likeness (QED) is 0.597. The van der Waals surface area contributed by atoms with Gasteiger partial charge in [-0.3, -0.25) is 14.8 Å². The SMILES string of the molecule is COc1ccc(-c2[nH]ncc2CN2CCC[C@H](C(=O)c3cccc(OC)c3)C2)cc1. The Morgan fingerprint density at radius 3 is 2.70 bits per heavy atom. The van der Waals surface area contributed by atoms with Crippen LogP contribution in [0.3, 0.4) is 0 Å². The molecular weight excluding hydrogens is 378 g/mol. The Balaban J connectivity index is 1.46. The Morgan fingerprint density at radius 2 is 1.93 bits per heavy atom. The van der Waals surface area contributed by atoms with Crippen molar-refractivity contribution in [3.05, 3.63) is 65.9 Å². The summed E-state index contributed by atoms with van der Waals surface area (Å²) in [5.74, 6) is 1.74. The summed E-state index contributed by atoms with van der Waals surface area (Å²) in [5, 5.41) is 7.39. The summed E-state index contributed by atoms with van der Waals surface area (Å²) in [6, 6.07) is 15.4. The molecule has 0 amide bonds. The number of hydrogen-bond donors (Lipinski definition) is 1. The fraction of sp³-hybridized carbons (Fsp3) is 0.333. The number of carbonyl (C=O) groups excluding carboxylic acids is 1. The largest absolute Gasteiger partial charge is 0.497 e. The summed E-state index contributed by atoms with van der Waals surface area (Å²) in [4.78, 5) is 15.4. The number of nitrogens with one attached hydrogen (secondary N) is 1. The van der Waals surface area contributed by atoms with Crippen molar-refractivity contribution in [1.82, 2.24) is 15.1 Å². The van der Waals surface area contributed by atoms with Gasteiger partial charge >= 0.3 is 0 Å². The van der Waals surface area contributed by atoms with Gasteiger partial charge in [0.2, 0.25) is 0 Å². The molecule has 1 aliphatic heterocycles. The van der Waals surface area contributed by atoms with E-state index in [0.717, 1.165) is 66.4 Å². The van der Waals surface area contributed by atoms with E-state index in [-0.39, 0.29) is 11.7 Å². The second-order valence-corrected chi connectivity index (χ2v) is 7.67. The highest BCUT2D eigenvalue weighted by molar-refractivity contribution is 5.98. The van der Waals surface area contributed by atoms with Crippen LogP contribution in [0.15, 0.2) is 54.7 Å². The molecule has 2 aromatic carbocycles. The van der Waals surface area contributed by atoms with Crippen molar-refractivity contribution in [3.8, 4) is 22.8 Å². The van der Waals surface area contributed by atoms with E-state index in [1.54, 1.807) is 14.2 Å². The van der Waals surface area contributed by atoms with E-state index in [4.69, 9.17) is 9.47 Å². The smallest absolute Gasteiger partial charge is 0.167 e. The highest BCUT2D eigenvalue weighted by atomic mass is 16.5. The third kappa shape index (κ3) is 4.39. The van der Waals surface area contributed by atoms with Crippen molar-refractivity contribution in [2.75, 3.05) is 27.3 Å². The zero-order valence-electron chi connectivity index (χ0n) is 17.4. The predicted octanol–water partition coefficient (Wildman–Crippen LogP) is 4.19. The number of aromatic nitrogens is 2. The van der Waals surface area contributed by atoms with Crippen molar-refractivity contribution in [2.24, 2.45) is 5.92 Å². The topological polar surface area (TPSA) is 67.5 Å². The zero-order valence-corrected chi connectivity index (χ0v) is 17.4. The van der Waals surface area contributed by atoms with Crippen molar-refractivity contribution in [1.29, 1.82) is 0 Å². The predicted molar refractivity (Wildman–Crippen MR) is 116 cm³/mol. The molecule has 30 heavy (non-hydrogen) atoms. The van der Waals surface area contributed by atoms with Crippen LogP contribution in [0.25, 0.3) is 11.3 Å². The number of likely N-dealkylation sites (tertiary alicyclic amines) is 1. The number of piperidine rings is 1. The standard InChI is InChI=1S/C24H27N3O3/c1-29-21-10-8-17(9-11-21)23-20(14-25-26-23)16-27-12-4-6-19(15-27)24(28)18-5-3-7-22(13-18)30-2/h3,5,7-11,13-14,19H,4,6,12,15-16H2,1-2H3,(H,25,26)/t19-/m0/s1. The van der Waals surface area contributed by atoms with Gasteiger partial charge in [-0.15, -0.1) is 0 Å². The Labute approximate surface area is 176 Å². The number of hydrogen-bond acceptors (Lipinski definition) is 5. The molecule has 1 fully saturated rings. The van der Waals surface area contributed by atoms with E-state index in [1.165, 1.54) is 0 Å². The minimum atomic E-state index is 0.00203. The van der Waals surface area contributed by atoms with Crippen LogP contribution in [0.1, 0.15) is 28.8 Å². The molecule has 0 unspecified atom stereocenters. The fourth-order valence-corrected chi connectivity index (χ4v) is 4.10. The lowest BCUT2D eigenvalue weighted by Crippen LogP contribution is -2.38. The van der Waals surface area contributed by atoms with Gasteiger partial charge < -0.3 is 9.47 Å². The van der Waals surface area contributed by atoms with E-state index in [9.17, 15) is 4.79 Å². The number of aromatic amines is 1. The van der Waals surface area contributed by atoms with Gasteiger partial charge in [0.15, 0.2) is 5.78 Å². The van der Waals surface area contributed by atoms with Crippen LogP contribution in [-0.2, 0) is 6.54 Å². The summed E-state index contributed by atoms with van der Waals surface area (Å²) < 4.78 is 10.5. The van der Waals surface area contributed by atoms with E-state index < -0.39 is 0 Å². The van der Waals surface area contributed by atoms with E-state index in [0.29, 0.717) is 0 Å². The van der Waals surface area contributed by atoms with Gasteiger partial charge in [-0.1, -0.05) is 12.1 Å². The van der Waals surface area contributed by atoms with Crippen LogP contribution < -0.4 is 9.47 Å². The first kappa shape index (κ1) is 20.2. The summed E-state index contributed by atoms with van der Waals surface area (Å²) in [6.07, 6.45) is 3.81. The summed E-state index contributed by atoms with van der Waals surface area (Å²) in [6.45, 7) is 2.50. The number of nitrogens with zero attached hydrogens (tertiary/aromatic N) is 2. The lowest BCUT2D eigenvalue weighted by atomic mass is 9.89. The number of methoxy groups -OCH3 is 2. The molecule has 156 valence electrons. The minimum Gasteiger partial charge on any atom is -0.497 e. The third-order valence-electron chi connectivity index (χ3n) is 5.72. The zero-order chi connectivity index (χ0) is 20.9. The van der Waals surface area contributed by atoms with Gasteiger partial charge in [0.1, 0.15) is 11.5 Å². The third-order valence-corrected chi connectivity index (χ3v) is 5.72. The molecule has 3 aromatic rings. The van der Waals surface area contributed by atoms with Gasteiger partial charge in [0.05, 0.1) is 26.1 Å². The maximum absolute atomic E-state index is 13.1. The molecule has 1 aliphatic rings. The first-order valence-corrected chi connectivity index (χ1v) is 10.2. The highest BCUT2D eigenvalue weighted by Gasteiger charge is 2.27. The molecule has 0 bridgehead atoms. The number of benzene rings is 2. The second-order valence-electron chi connectivity index (χ2n) is 7.67. The average molecular weight is 405 g/mol. The number of rotatable bonds is 7. The van der Waals surface area contributed by atoms with Crippen LogP contribution in [0.4, 0.5) is 0 Å². The van der Waals surface area contributed by atoms with Crippen LogP contribution >= 0.6 is 0 Å². The molecule has 2 heterocycles. The molecule has 6 nitrogen and oxygen atoms in total. The molecule has 0 radical (unpaired) electrons. The molecule has 1 atom stereocenters. The van der Waals surface area contributed by atoms with Crippen molar-refractivity contribution < 1.29 is 14.3 Å².